The van der Waals surface area contributed by atoms with E-state index in [2.05, 4.69) is 26.6 Å². The van der Waals surface area contributed by atoms with Crippen molar-refractivity contribution in [3.05, 3.63) is 0 Å². The molecule has 0 saturated carbocycles. The van der Waals surface area contributed by atoms with Crippen LogP contribution in [0.1, 0.15) is 98.3 Å². The van der Waals surface area contributed by atoms with Gasteiger partial charge in [-0.15, -0.1) is 0 Å². The van der Waals surface area contributed by atoms with Gasteiger partial charge in [0.1, 0.15) is 18.1 Å². The first kappa shape index (κ1) is 38.3. The van der Waals surface area contributed by atoms with Crippen molar-refractivity contribution in [1.29, 1.82) is 0 Å². The lowest BCUT2D eigenvalue weighted by Gasteiger charge is -2.25. The van der Waals surface area contributed by atoms with Gasteiger partial charge in [0.2, 0.25) is 35.4 Å². The van der Waals surface area contributed by atoms with Gasteiger partial charge in [-0.2, -0.15) is 0 Å². The van der Waals surface area contributed by atoms with Crippen LogP contribution in [0.25, 0.3) is 0 Å². The molecule has 0 heterocycles. The van der Waals surface area contributed by atoms with Crippen LogP contribution < -0.4 is 32.3 Å². The van der Waals surface area contributed by atoms with Crippen LogP contribution in [-0.2, 0) is 38.3 Å². The van der Waals surface area contributed by atoms with Crippen LogP contribution >= 0.6 is 0 Å². The predicted molar refractivity (Wildman–Crippen MR) is 155 cm³/mol. The van der Waals surface area contributed by atoms with Gasteiger partial charge in [-0.1, -0.05) is 12.8 Å². The smallest absolute Gasteiger partial charge is 0.305 e. The molecule has 0 aromatic rings. The Balaban J connectivity index is 5.36. The molecule has 0 aromatic heterocycles. The van der Waals surface area contributed by atoms with E-state index in [1.165, 1.54) is 20.8 Å². The molecule has 0 spiro atoms. The number of rotatable bonds is 23. The van der Waals surface area contributed by atoms with E-state index in [4.69, 9.17) is 10.5 Å². The van der Waals surface area contributed by atoms with Gasteiger partial charge in [-0.25, -0.2) is 0 Å². The summed E-state index contributed by atoms with van der Waals surface area (Å²) in [6.07, 6.45) is 4.87. The largest absolute Gasteiger partial charge is 0.466 e. The van der Waals surface area contributed by atoms with Crippen molar-refractivity contribution in [1.82, 2.24) is 26.6 Å². The maximum atomic E-state index is 13.2. The van der Waals surface area contributed by atoms with E-state index in [1.54, 1.807) is 6.92 Å². The number of carbonyl (C=O) groups excluding carboxylic acids is 7. The number of nitrogens with two attached hydrogens (primary N) is 1. The highest BCUT2D eigenvalue weighted by molar-refractivity contribution is 5.93. The number of unbranched alkanes of at least 4 members (excludes halogenated alkanes) is 4. The van der Waals surface area contributed by atoms with E-state index >= 15 is 0 Å². The van der Waals surface area contributed by atoms with Crippen molar-refractivity contribution in [2.45, 2.75) is 116 Å². The number of carbonyl (C=O) groups is 7. The lowest BCUT2D eigenvalue weighted by Crippen LogP contribution is -2.56. The Morgan fingerprint density at radius 2 is 1.05 bits per heavy atom. The van der Waals surface area contributed by atoms with Gasteiger partial charge < -0.3 is 37.1 Å². The van der Waals surface area contributed by atoms with Gasteiger partial charge in [0.15, 0.2) is 0 Å². The van der Waals surface area contributed by atoms with E-state index < -0.39 is 41.8 Å². The number of amides is 6. The van der Waals surface area contributed by atoms with E-state index in [9.17, 15) is 33.6 Å². The first-order valence-electron chi connectivity index (χ1n) is 14.7. The number of hydrogen-bond donors (Lipinski definition) is 6. The second-order valence-electron chi connectivity index (χ2n) is 10.1. The minimum absolute atomic E-state index is 0.163. The molecule has 42 heavy (non-hydrogen) atoms. The summed E-state index contributed by atoms with van der Waals surface area (Å²) in [6.45, 7) is 6.97. The van der Waals surface area contributed by atoms with E-state index in [0.29, 0.717) is 64.6 Å². The van der Waals surface area contributed by atoms with Gasteiger partial charge in [0, 0.05) is 40.3 Å². The van der Waals surface area contributed by atoms with Crippen LogP contribution in [0.4, 0.5) is 0 Å². The van der Waals surface area contributed by atoms with Crippen molar-refractivity contribution in [3.8, 4) is 0 Å². The zero-order chi connectivity index (χ0) is 31.9. The van der Waals surface area contributed by atoms with E-state index in [-0.39, 0.29) is 43.5 Å². The van der Waals surface area contributed by atoms with Crippen molar-refractivity contribution in [3.63, 3.8) is 0 Å². The minimum atomic E-state index is -1.02. The summed E-state index contributed by atoms with van der Waals surface area (Å²) < 4.78 is 4.92. The first-order chi connectivity index (χ1) is 19.9. The van der Waals surface area contributed by atoms with Crippen LogP contribution in [0.3, 0.4) is 0 Å². The molecule has 14 nitrogen and oxygen atoms in total. The highest BCUT2D eigenvalue weighted by Gasteiger charge is 2.28. The standard InChI is InChI=1S/C28H50N6O8/c1-5-42-25(38)16-8-6-7-14-24(28(41)33-22(26(29)39)13-9-11-17-30-19(2)35)34-27(40)23(32-21(4)37)15-10-12-18-31-20(3)36/h22-24H,5-18H2,1-4H3,(H2,29,39)(H,30,35)(H,31,36)(H,32,37)(H,33,41)(H,34,40)/t22-,23-,24-/m0/s1. The normalized spacial score (nSPS) is 12.7. The molecule has 0 aliphatic heterocycles. The number of primary amides is 1. The minimum Gasteiger partial charge on any atom is -0.466 e. The van der Waals surface area contributed by atoms with Gasteiger partial charge >= 0.3 is 5.97 Å². The fourth-order valence-electron chi connectivity index (χ4n) is 4.12. The molecule has 240 valence electrons. The fourth-order valence-corrected chi connectivity index (χ4v) is 4.12. The van der Waals surface area contributed by atoms with Crippen LogP contribution in [0.15, 0.2) is 0 Å². The topological polar surface area (TPSA) is 215 Å². The molecule has 0 radical (unpaired) electrons. The molecular formula is C28H50N6O8. The molecule has 0 fully saturated rings. The maximum absolute atomic E-state index is 13.2. The Labute approximate surface area is 248 Å². The number of hydrogen-bond acceptors (Lipinski definition) is 8. The molecule has 14 heteroatoms. The molecule has 0 aliphatic carbocycles. The van der Waals surface area contributed by atoms with Crippen molar-refractivity contribution in [2.75, 3.05) is 19.7 Å². The van der Waals surface area contributed by atoms with E-state index in [1.807, 2.05) is 0 Å². The van der Waals surface area contributed by atoms with Gasteiger partial charge in [0.05, 0.1) is 6.61 Å². The summed E-state index contributed by atoms with van der Waals surface area (Å²) in [6, 6.07) is -2.89. The average molecular weight is 599 g/mol. The Bertz CT molecular complexity index is 898. The van der Waals surface area contributed by atoms with Gasteiger partial charge in [0.25, 0.3) is 0 Å². The number of ether oxygens (including phenoxy) is 1. The second-order valence-corrected chi connectivity index (χ2v) is 10.1. The van der Waals surface area contributed by atoms with Gasteiger partial charge in [-0.05, 0) is 58.3 Å². The number of esters is 1. The Morgan fingerprint density at radius 3 is 1.50 bits per heavy atom. The SMILES string of the molecule is CCOC(=O)CCCCC[C@H](NC(=O)[C@H](CCCCNC(C)=O)NC(C)=O)C(=O)N[C@@H](CCCCNC(C)=O)C(N)=O. The van der Waals surface area contributed by atoms with Crippen LogP contribution in [0.5, 0.6) is 0 Å². The first-order valence-corrected chi connectivity index (χ1v) is 14.7. The average Bonchev–Trinajstić information content (AvgIpc) is 2.89. The summed E-state index contributed by atoms with van der Waals surface area (Å²) in [7, 11) is 0. The Kier molecular flexibility index (Phi) is 20.9. The summed E-state index contributed by atoms with van der Waals surface area (Å²) in [4.78, 5) is 83.9. The lowest BCUT2D eigenvalue weighted by molar-refractivity contribution is -0.143. The summed E-state index contributed by atoms with van der Waals surface area (Å²) in [5, 5.41) is 13.3. The van der Waals surface area contributed by atoms with Crippen molar-refractivity contribution < 1.29 is 38.3 Å². The van der Waals surface area contributed by atoms with E-state index in [0.717, 1.165) is 0 Å². The third-order valence-electron chi connectivity index (χ3n) is 6.25. The van der Waals surface area contributed by atoms with Crippen molar-refractivity contribution in [2.24, 2.45) is 5.73 Å². The summed E-state index contributed by atoms with van der Waals surface area (Å²) in [5.41, 5.74) is 5.51. The third-order valence-corrected chi connectivity index (χ3v) is 6.25. The Hall–Kier alpha value is -3.71. The molecule has 0 unspecified atom stereocenters. The summed E-state index contributed by atoms with van der Waals surface area (Å²) >= 11 is 0. The van der Waals surface area contributed by atoms with Crippen LogP contribution in [0.2, 0.25) is 0 Å². The molecule has 0 saturated heterocycles. The summed E-state index contributed by atoms with van der Waals surface area (Å²) in [5.74, 6) is -2.92. The maximum Gasteiger partial charge on any atom is 0.305 e. The molecule has 3 atom stereocenters. The molecule has 7 N–H and O–H groups in total. The highest BCUT2D eigenvalue weighted by atomic mass is 16.5. The molecule has 0 aliphatic rings. The molecule has 6 amide bonds. The Morgan fingerprint density at radius 1 is 0.595 bits per heavy atom. The zero-order valence-corrected chi connectivity index (χ0v) is 25.5. The lowest BCUT2D eigenvalue weighted by atomic mass is 10.0. The highest BCUT2D eigenvalue weighted by Crippen LogP contribution is 2.10. The third kappa shape index (κ3) is 20.2. The zero-order valence-electron chi connectivity index (χ0n) is 25.5. The monoisotopic (exact) mass is 598 g/mol. The second kappa shape index (κ2) is 22.9. The number of nitrogens with one attached hydrogen (secondary N) is 5. The molecule has 0 bridgehead atoms. The fraction of sp³-hybridized carbons (Fsp3) is 0.750. The van der Waals surface area contributed by atoms with Crippen LogP contribution in [0, 0.1) is 0 Å². The van der Waals surface area contributed by atoms with Crippen LogP contribution in [-0.4, -0.2) is 79.2 Å². The van der Waals surface area contributed by atoms with Gasteiger partial charge in [-0.3, -0.25) is 33.6 Å². The molecule has 0 aromatic carbocycles. The molecular weight excluding hydrogens is 548 g/mol. The molecule has 0 rings (SSSR count). The van der Waals surface area contributed by atoms with Crippen molar-refractivity contribution >= 4 is 41.4 Å². The quantitative estimate of drug-likeness (QED) is 0.0697. The predicted octanol–water partition coefficient (Wildman–Crippen LogP) is 0.0724.